The molecule has 116 valence electrons. The minimum Gasteiger partial charge on any atom is -0.330 e. The molecule has 7 nitrogen and oxygen atoms in total. The van der Waals surface area contributed by atoms with Gasteiger partial charge in [0.2, 0.25) is 10.0 Å². The zero-order valence-electron chi connectivity index (χ0n) is 12.1. The number of hydrogen-bond acceptors (Lipinski definition) is 5. The van der Waals surface area contributed by atoms with Gasteiger partial charge in [-0.05, 0) is 38.3 Å². The zero-order valence-corrected chi connectivity index (χ0v) is 12.9. The fraction of sp³-hybridized carbons (Fsp3) is 0.538. The molecule has 0 aromatic heterocycles. The zero-order chi connectivity index (χ0) is 15.8. The van der Waals surface area contributed by atoms with Crippen LogP contribution >= 0.6 is 0 Å². The highest BCUT2D eigenvalue weighted by molar-refractivity contribution is 7.89. The Morgan fingerprint density at radius 3 is 2.52 bits per heavy atom. The molecule has 0 aliphatic carbocycles. The largest absolute Gasteiger partial charge is 0.330 e. The van der Waals surface area contributed by atoms with Gasteiger partial charge in [0.1, 0.15) is 0 Å². The lowest BCUT2D eigenvalue weighted by Crippen LogP contribution is -2.31. The van der Waals surface area contributed by atoms with E-state index < -0.39 is 14.9 Å². The topological polar surface area (TPSA) is 107 Å². The molecule has 1 atom stereocenters. The lowest BCUT2D eigenvalue weighted by atomic mass is 10.1. The Bertz CT molecular complexity index is 672. The van der Waals surface area contributed by atoms with Crippen molar-refractivity contribution < 1.29 is 13.3 Å². The summed E-state index contributed by atoms with van der Waals surface area (Å²) >= 11 is 0. The predicted octanol–water partition coefficient (Wildman–Crippen LogP) is 1.18. The lowest BCUT2D eigenvalue weighted by Gasteiger charge is -2.18. The van der Waals surface area contributed by atoms with Crippen molar-refractivity contribution in [2.45, 2.75) is 25.2 Å². The quantitative estimate of drug-likeness (QED) is 0.663. The molecule has 0 radical (unpaired) electrons. The maximum absolute atomic E-state index is 12.8. The lowest BCUT2D eigenvalue weighted by molar-refractivity contribution is -0.388. The average Bonchev–Trinajstić information content (AvgIpc) is 2.90. The number of benzene rings is 1. The van der Waals surface area contributed by atoms with E-state index >= 15 is 0 Å². The van der Waals surface area contributed by atoms with Gasteiger partial charge in [-0.2, -0.15) is 4.31 Å². The molecular weight excluding hydrogens is 294 g/mol. The van der Waals surface area contributed by atoms with E-state index in [1.165, 1.54) is 4.31 Å². The van der Waals surface area contributed by atoms with Crippen LogP contribution in [0, 0.1) is 29.9 Å². The minimum atomic E-state index is -3.87. The van der Waals surface area contributed by atoms with Crippen molar-refractivity contribution in [1.82, 2.24) is 4.31 Å². The fourth-order valence-electron chi connectivity index (χ4n) is 2.66. The number of nitro groups is 1. The van der Waals surface area contributed by atoms with Gasteiger partial charge in [-0.1, -0.05) is 12.1 Å². The van der Waals surface area contributed by atoms with Crippen LogP contribution in [0.5, 0.6) is 0 Å². The Morgan fingerprint density at radius 1 is 1.38 bits per heavy atom. The van der Waals surface area contributed by atoms with Crippen molar-refractivity contribution in [2.75, 3.05) is 19.6 Å². The number of nitrogens with two attached hydrogens (primary N) is 1. The van der Waals surface area contributed by atoms with Crippen LogP contribution in [0.25, 0.3) is 0 Å². The van der Waals surface area contributed by atoms with Gasteiger partial charge in [0.25, 0.3) is 5.69 Å². The molecule has 1 aromatic rings. The molecule has 2 rings (SSSR count). The van der Waals surface area contributed by atoms with Crippen molar-refractivity contribution in [3.63, 3.8) is 0 Å². The third kappa shape index (κ3) is 2.78. The molecule has 21 heavy (non-hydrogen) atoms. The third-order valence-electron chi connectivity index (χ3n) is 3.89. The highest BCUT2D eigenvalue weighted by atomic mass is 32.2. The SMILES string of the molecule is Cc1ccc(C)c(S(=O)(=O)N2CCC(CN)C2)c1[N+](=O)[O-]. The van der Waals surface area contributed by atoms with Crippen LogP contribution in [-0.2, 0) is 10.0 Å². The van der Waals surface area contributed by atoms with Crippen molar-refractivity contribution in [3.8, 4) is 0 Å². The molecule has 0 saturated carbocycles. The van der Waals surface area contributed by atoms with E-state index in [9.17, 15) is 18.5 Å². The van der Waals surface area contributed by atoms with Crippen LogP contribution in [0.3, 0.4) is 0 Å². The number of rotatable bonds is 4. The molecular formula is C13H19N3O4S. The number of nitrogens with zero attached hydrogens (tertiary/aromatic N) is 2. The predicted molar refractivity (Wildman–Crippen MR) is 78.5 cm³/mol. The molecule has 1 fully saturated rings. The Balaban J connectivity index is 2.55. The molecule has 1 unspecified atom stereocenters. The highest BCUT2D eigenvalue weighted by Gasteiger charge is 2.38. The summed E-state index contributed by atoms with van der Waals surface area (Å²) in [7, 11) is -3.87. The van der Waals surface area contributed by atoms with Gasteiger partial charge in [-0.15, -0.1) is 0 Å². The van der Waals surface area contributed by atoms with Gasteiger partial charge in [-0.3, -0.25) is 10.1 Å². The summed E-state index contributed by atoms with van der Waals surface area (Å²) < 4.78 is 26.9. The summed E-state index contributed by atoms with van der Waals surface area (Å²) in [6, 6.07) is 3.17. The second-order valence-corrected chi connectivity index (χ2v) is 7.26. The molecule has 0 amide bonds. The summed E-state index contributed by atoms with van der Waals surface area (Å²) in [4.78, 5) is 10.5. The standard InChI is InChI=1S/C13H19N3O4S/c1-9-3-4-10(2)13(12(9)16(17)18)21(19,20)15-6-5-11(7-14)8-15/h3-4,11H,5-8,14H2,1-2H3. The van der Waals surface area contributed by atoms with Crippen LogP contribution < -0.4 is 5.73 Å². The summed E-state index contributed by atoms with van der Waals surface area (Å²) in [5.41, 5.74) is 5.99. The van der Waals surface area contributed by atoms with Gasteiger partial charge in [-0.25, -0.2) is 8.42 Å². The summed E-state index contributed by atoms with van der Waals surface area (Å²) in [6.45, 7) is 4.22. The molecule has 1 aromatic carbocycles. The summed E-state index contributed by atoms with van der Waals surface area (Å²) in [5, 5.41) is 11.3. The number of nitro benzene ring substituents is 1. The average molecular weight is 313 g/mol. The van der Waals surface area contributed by atoms with Gasteiger partial charge >= 0.3 is 0 Å². The second-order valence-electron chi connectivity index (χ2n) is 5.39. The first kappa shape index (κ1) is 15.9. The summed E-state index contributed by atoms with van der Waals surface area (Å²) in [6.07, 6.45) is 0.689. The van der Waals surface area contributed by atoms with Crippen molar-refractivity contribution in [2.24, 2.45) is 11.7 Å². The molecule has 1 aliphatic rings. The molecule has 1 aliphatic heterocycles. The fourth-order valence-corrected chi connectivity index (χ4v) is 4.63. The molecule has 0 bridgehead atoms. The van der Waals surface area contributed by atoms with E-state index in [1.807, 2.05) is 0 Å². The van der Waals surface area contributed by atoms with Gasteiger partial charge < -0.3 is 5.73 Å². The summed E-state index contributed by atoms with van der Waals surface area (Å²) in [5.74, 6) is 0.115. The van der Waals surface area contributed by atoms with Crippen LogP contribution in [0.15, 0.2) is 17.0 Å². The number of sulfonamides is 1. The van der Waals surface area contributed by atoms with Crippen molar-refractivity contribution >= 4 is 15.7 Å². The first-order valence-corrected chi connectivity index (χ1v) is 8.17. The second kappa shape index (κ2) is 5.70. The molecule has 1 heterocycles. The maximum atomic E-state index is 12.8. The van der Waals surface area contributed by atoms with Crippen LogP contribution in [0.1, 0.15) is 17.5 Å². The number of hydrogen-bond donors (Lipinski definition) is 1. The Kier molecular flexibility index (Phi) is 4.31. The Hall–Kier alpha value is -1.51. The van der Waals surface area contributed by atoms with E-state index in [2.05, 4.69) is 0 Å². The van der Waals surface area contributed by atoms with Gasteiger partial charge in [0, 0.05) is 18.7 Å². The minimum absolute atomic E-state index is 0.115. The first-order chi connectivity index (χ1) is 9.78. The van der Waals surface area contributed by atoms with E-state index in [0.29, 0.717) is 37.2 Å². The molecule has 1 saturated heterocycles. The normalized spacial score (nSPS) is 19.9. The molecule has 0 spiro atoms. The number of aryl methyl sites for hydroxylation is 2. The smallest absolute Gasteiger partial charge is 0.292 e. The molecule has 8 heteroatoms. The van der Waals surface area contributed by atoms with E-state index in [1.54, 1.807) is 26.0 Å². The highest BCUT2D eigenvalue weighted by Crippen LogP contribution is 2.34. The molecule has 2 N–H and O–H groups in total. The maximum Gasteiger partial charge on any atom is 0.292 e. The van der Waals surface area contributed by atoms with E-state index in [-0.39, 0.29) is 16.5 Å². The monoisotopic (exact) mass is 313 g/mol. The van der Waals surface area contributed by atoms with Crippen LogP contribution in [0.4, 0.5) is 5.69 Å². The third-order valence-corrected chi connectivity index (χ3v) is 5.94. The van der Waals surface area contributed by atoms with Crippen LogP contribution in [-0.4, -0.2) is 37.3 Å². The van der Waals surface area contributed by atoms with Gasteiger partial charge in [0.05, 0.1) is 4.92 Å². The Morgan fingerprint density at radius 2 is 2.00 bits per heavy atom. The van der Waals surface area contributed by atoms with Gasteiger partial charge in [0.15, 0.2) is 4.90 Å². The Labute approximate surface area is 123 Å². The van der Waals surface area contributed by atoms with E-state index in [0.717, 1.165) is 0 Å². The first-order valence-electron chi connectivity index (χ1n) is 6.73. The van der Waals surface area contributed by atoms with Crippen molar-refractivity contribution in [3.05, 3.63) is 33.4 Å². The van der Waals surface area contributed by atoms with Crippen molar-refractivity contribution in [1.29, 1.82) is 0 Å². The van der Waals surface area contributed by atoms with Crippen LogP contribution in [0.2, 0.25) is 0 Å². The van der Waals surface area contributed by atoms with E-state index in [4.69, 9.17) is 5.73 Å².